The molecule has 2 unspecified atom stereocenters. The lowest BCUT2D eigenvalue weighted by atomic mass is 9.86. The van der Waals surface area contributed by atoms with Crippen molar-refractivity contribution in [3.63, 3.8) is 0 Å². The highest BCUT2D eigenvalue weighted by molar-refractivity contribution is 6.11. The van der Waals surface area contributed by atoms with Crippen LogP contribution in [0, 0.1) is 0 Å². The van der Waals surface area contributed by atoms with E-state index >= 15 is 0 Å². The van der Waals surface area contributed by atoms with Gasteiger partial charge < -0.3 is 29.5 Å². The van der Waals surface area contributed by atoms with Crippen LogP contribution in [0.15, 0.2) is 71.7 Å². The Labute approximate surface area is 288 Å². The Morgan fingerprint density at radius 2 is 1.45 bits per heavy atom. The minimum absolute atomic E-state index is 0.0864. The van der Waals surface area contributed by atoms with E-state index in [0.717, 1.165) is 22.3 Å². The molecule has 3 aromatic rings. The molecular formula is C38H47N5O6. The van der Waals surface area contributed by atoms with Gasteiger partial charge in [-0.05, 0) is 65.4 Å². The topological polar surface area (TPSA) is 118 Å². The fourth-order valence-corrected chi connectivity index (χ4v) is 6.68. The second-order valence-electron chi connectivity index (χ2n) is 13.8. The van der Waals surface area contributed by atoms with E-state index in [4.69, 9.17) is 14.5 Å². The number of carbonyl (C=O) groups excluding carboxylic acids is 2. The average molecular weight is 670 g/mol. The summed E-state index contributed by atoms with van der Waals surface area (Å²) in [5.41, 5.74) is 3.27. The molecule has 0 bridgehead atoms. The molecule has 0 aromatic heterocycles. The molecular weight excluding hydrogens is 622 g/mol. The van der Waals surface area contributed by atoms with Crippen LogP contribution in [0.25, 0.3) is 0 Å². The molecule has 11 heteroatoms. The highest BCUT2D eigenvalue weighted by Crippen LogP contribution is 2.46. The normalized spacial score (nSPS) is 20.3. The summed E-state index contributed by atoms with van der Waals surface area (Å²) in [6.45, 7) is 13.5. The van der Waals surface area contributed by atoms with Crippen molar-refractivity contribution in [1.82, 2.24) is 19.6 Å². The van der Waals surface area contributed by atoms with Crippen molar-refractivity contribution >= 4 is 17.8 Å². The summed E-state index contributed by atoms with van der Waals surface area (Å²) in [5.74, 6) is 1.49. The molecule has 0 radical (unpaired) electrons. The third-order valence-corrected chi connectivity index (χ3v) is 9.49. The van der Waals surface area contributed by atoms with Crippen molar-refractivity contribution in [2.75, 3.05) is 65.6 Å². The lowest BCUT2D eigenvalue weighted by Crippen LogP contribution is -2.56. The number of phenolic OH excluding ortho intramolecular Hbond substituents is 2. The summed E-state index contributed by atoms with van der Waals surface area (Å²) < 4.78 is 11.6. The predicted octanol–water partition coefficient (Wildman–Crippen LogP) is 4.94. The summed E-state index contributed by atoms with van der Waals surface area (Å²) >= 11 is 0. The van der Waals surface area contributed by atoms with Crippen molar-refractivity contribution < 1.29 is 29.3 Å². The van der Waals surface area contributed by atoms with Crippen LogP contribution in [-0.2, 0) is 14.9 Å². The average Bonchev–Trinajstić information content (AvgIpc) is 3.49. The van der Waals surface area contributed by atoms with Crippen molar-refractivity contribution in [3.8, 4) is 17.2 Å². The first-order valence-electron chi connectivity index (χ1n) is 17.1. The first kappa shape index (κ1) is 34.3. The fraction of sp³-hybridized carbons (Fsp3) is 0.447. The molecule has 3 aliphatic rings. The van der Waals surface area contributed by atoms with Crippen LogP contribution in [-0.4, -0.2) is 113 Å². The van der Waals surface area contributed by atoms with E-state index in [1.807, 2.05) is 47.1 Å². The van der Waals surface area contributed by atoms with Gasteiger partial charge in [-0.2, -0.15) is 0 Å². The summed E-state index contributed by atoms with van der Waals surface area (Å²) in [5, 5.41) is 20.3. The minimum Gasteiger partial charge on any atom is -0.508 e. The first-order chi connectivity index (χ1) is 23.5. The smallest absolute Gasteiger partial charge is 0.326 e. The van der Waals surface area contributed by atoms with E-state index in [1.165, 1.54) is 0 Å². The van der Waals surface area contributed by atoms with Gasteiger partial charge in [-0.25, -0.2) is 4.79 Å². The SMILES string of the molecule is CCOc1ccc(C(C)(C)C)cc1C1=NC(c2ccc(O)cc2)C(c2ccc(O)cc2)N1C(=O)N1CCN(CC(=O)N2CCOCC2)CC1. The Morgan fingerprint density at radius 3 is 2.04 bits per heavy atom. The number of benzene rings is 3. The van der Waals surface area contributed by atoms with Gasteiger partial charge in [0, 0.05) is 39.3 Å². The van der Waals surface area contributed by atoms with Gasteiger partial charge in [0.2, 0.25) is 5.91 Å². The molecule has 49 heavy (non-hydrogen) atoms. The molecule has 0 saturated carbocycles. The third-order valence-electron chi connectivity index (χ3n) is 9.49. The van der Waals surface area contributed by atoms with Gasteiger partial charge in [0.05, 0.1) is 38.0 Å². The molecule has 2 fully saturated rings. The van der Waals surface area contributed by atoms with Gasteiger partial charge in [-0.1, -0.05) is 51.1 Å². The van der Waals surface area contributed by atoms with Gasteiger partial charge in [0.1, 0.15) is 29.1 Å². The van der Waals surface area contributed by atoms with Gasteiger partial charge >= 0.3 is 6.03 Å². The fourth-order valence-electron chi connectivity index (χ4n) is 6.68. The number of aliphatic imine (C=N–C) groups is 1. The standard InChI is InChI=1S/C38H47N5O6/c1-5-49-32-15-10-28(38(2,3)4)24-31(32)36-39-34(26-6-11-29(44)12-7-26)35(27-8-13-30(45)14-9-27)43(36)37(47)42-18-16-40(17-19-42)25-33(46)41-20-22-48-23-21-41/h6-15,24,34-35,44-45H,5,16-23,25H2,1-4H3. The van der Waals surface area contributed by atoms with Crippen molar-refractivity contribution in [1.29, 1.82) is 0 Å². The van der Waals surface area contributed by atoms with E-state index < -0.39 is 12.1 Å². The molecule has 0 spiro atoms. The number of hydrogen-bond acceptors (Lipinski definition) is 8. The molecule has 3 aliphatic heterocycles. The molecule has 0 aliphatic carbocycles. The molecule has 3 amide bonds. The predicted molar refractivity (Wildman–Crippen MR) is 187 cm³/mol. The molecule has 2 N–H and O–H groups in total. The number of amidine groups is 1. The summed E-state index contributed by atoms with van der Waals surface area (Å²) in [6, 6.07) is 18.7. The van der Waals surface area contributed by atoms with Gasteiger partial charge in [-0.15, -0.1) is 0 Å². The quantitative estimate of drug-likeness (QED) is 0.366. The maximum atomic E-state index is 14.9. The number of morpholine rings is 1. The van der Waals surface area contributed by atoms with Crippen LogP contribution in [0.4, 0.5) is 4.79 Å². The number of nitrogens with zero attached hydrogens (tertiary/aromatic N) is 5. The second-order valence-corrected chi connectivity index (χ2v) is 13.8. The zero-order chi connectivity index (χ0) is 34.7. The minimum atomic E-state index is -0.554. The van der Waals surface area contributed by atoms with Crippen molar-refractivity contribution in [2.45, 2.75) is 45.2 Å². The largest absolute Gasteiger partial charge is 0.508 e. The number of aromatic hydroxyl groups is 2. The number of hydrogen-bond donors (Lipinski definition) is 2. The van der Waals surface area contributed by atoms with E-state index in [1.54, 1.807) is 29.2 Å². The molecule has 11 nitrogen and oxygen atoms in total. The Kier molecular flexibility index (Phi) is 10.1. The highest BCUT2D eigenvalue weighted by Gasteiger charge is 2.45. The summed E-state index contributed by atoms with van der Waals surface area (Å²) in [6.07, 6.45) is 0. The lowest BCUT2D eigenvalue weighted by molar-refractivity contribution is -0.136. The Morgan fingerprint density at radius 1 is 0.837 bits per heavy atom. The van der Waals surface area contributed by atoms with E-state index in [0.29, 0.717) is 77.2 Å². The van der Waals surface area contributed by atoms with Gasteiger partial charge in [-0.3, -0.25) is 19.6 Å². The Balaban J connectivity index is 1.38. The number of carbonyl (C=O) groups is 2. The maximum Gasteiger partial charge on any atom is 0.326 e. The van der Waals surface area contributed by atoms with Crippen LogP contribution in [0.3, 0.4) is 0 Å². The van der Waals surface area contributed by atoms with E-state index in [-0.39, 0.29) is 28.9 Å². The molecule has 3 heterocycles. The monoisotopic (exact) mass is 669 g/mol. The third kappa shape index (κ3) is 7.52. The van der Waals surface area contributed by atoms with Crippen LogP contribution in [0.1, 0.15) is 62.0 Å². The number of phenols is 2. The zero-order valence-corrected chi connectivity index (χ0v) is 28.8. The summed E-state index contributed by atoms with van der Waals surface area (Å²) in [7, 11) is 0. The van der Waals surface area contributed by atoms with E-state index in [9.17, 15) is 19.8 Å². The Hall–Kier alpha value is -4.61. The van der Waals surface area contributed by atoms with Crippen molar-refractivity contribution in [2.24, 2.45) is 4.99 Å². The number of urea groups is 1. The van der Waals surface area contributed by atoms with Gasteiger partial charge in [0.15, 0.2) is 0 Å². The van der Waals surface area contributed by atoms with Crippen LogP contribution < -0.4 is 4.74 Å². The van der Waals surface area contributed by atoms with Crippen molar-refractivity contribution in [3.05, 3.63) is 89.0 Å². The zero-order valence-electron chi connectivity index (χ0n) is 28.8. The Bertz CT molecular complexity index is 1660. The van der Waals surface area contributed by atoms with Crippen LogP contribution >= 0.6 is 0 Å². The number of piperazine rings is 1. The highest BCUT2D eigenvalue weighted by atomic mass is 16.5. The summed E-state index contributed by atoms with van der Waals surface area (Å²) in [4.78, 5) is 40.8. The molecule has 6 rings (SSSR count). The first-order valence-corrected chi connectivity index (χ1v) is 17.1. The molecule has 3 aromatic carbocycles. The molecule has 2 saturated heterocycles. The molecule has 2 atom stereocenters. The van der Waals surface area contributed by atoms with E-state index in [2.05, 4.69) is 37.8 Å². The lowest BCUT2D eigenvalue weighted by Gasteiger charge is -2.39. The number of amides is 3. The van der Waals surface area contributed by atoms with Crippen LogP contribution in [0.5, 0.6) is 17.2 Å². The molecule has 260 valence electrons. The van der Waals surface area contributed by atoms with Crippen LogP contribution in [0.2, 0.25) is 0 Å². The van der Waals surface area contributed by atoms with Gasteiger partial charge in [0.25, 0.3) is 0 Å². The maximum absolute atomic E-state index is 14.9. The number of rotatable bonds is 7. The number of ether oxygens (including phenoxy) is 2. The second kappa shape index (κ2) is 14.5.